The van der Waals surface area contributed by atoms with Crippen LogP contribution in [-0.2, 0) is 11.3 Å². The summed E-state index contributed by atoms with van der Waals surface area (Å²) in [6.45, 7) is 3.75. The van der Waals surface area contributed by atoms with E-state index in [1.807, 2.05) is 68.4 Å². The van der Waals surface area contributed by atoms with Gasteiger partial charge in [-0.25, -0.2) is 9.48 Å². The summed E-state index contributed by atoms with van der Waals surface area (Å²) in [4.78, 5) is 17.2. The first kappa shape index (κ1) is 18.2. The quantitative estimate of drug-likeness (QED) is 0.457. The van der Waals surface area contributed by atoms with Crippen molar-refractivity contribution in [3.63, 3.8) is 0 Å². The van der Waals surface area contributed by atoms with Crippen LogP contribution >= 0.6 is 11.6 Å². The molecule has 28 heavy (non-hydrogen) atoms. The van der Waals surface area contributed by atoms with E-state index >= 15 is 0 Å². The van der Waals surface area contributed by atoms with E-state index < -0.39 is 5.97 Å². The molecule has 2 aromatic heterocycles. The van der Waals surface area contributed by atoms with Gasteiger partial charge in [-0.15, -0.1) is 0 Å². The number of fused-ring (bicyclic) bond motifs is 1. The maximum Gasteiger partial charge on any atom is 0.339 e. The number of ether oxygens (including phenoxy) is 1. The Morgan fingerprint density at radius 1 is 1.07 bits per heavy atom. The number of para-hydroxylation sites is 2. The topological polar surface area (TPSA) is 57.0 Å². The van der Waals surface area contributed by atoms with Crippen molar-refractivity contribution in [1.29, 1.82) is 0 Å². The maximum absolute atomic E-state index is 12.8. The highest BCUT2D eigenvalue weighted by molar-refractivity contribution is 6.30. The maximum atomic E-state index is 12.8. The van der Waals surface area contributed by atoms with E-state index in [4.69, 9.17) is 16.3 Å². The van der Waals surface area contributed by atoms with Crippen molar-refractivity contribution in [1.82, 2.24) is 14.8 Å². The van der Waals surface area contributed by atoms with Crippen LogP contribution in [0.25, 0.3) is 16.6 Å². The third-order valence-corrected chi connectivity index (χ3v) is 4.92. The van der Waals surface area contributed by atoms with Crippen molar-refractivity contribution in [2.24, 2.45) is 0 Å². The van der Waals surface area contributed by atoms with Crippen LogP contribution in [0.15, 0.2) is 60.7 Å². The van der Waals surface area contributed by atoms with Gasteiger partial charge in [0.05, 0.1) is 22.5 Å². The summed E-state index contributed by atoms with van der Waals surface area (Å²) in [5, 5.41) is 5.68. The Morgan fingerprint density at radius 2 is 1.79 bits per heavy atom. The summed E-state index contributed by atoms with van der Waals surface area (Å²) in [5.41, 5.74) is 4.28. The molecule has 140 valence electrons. The first-order chi connectivity index (χ1) is 13.5. The normalized spacial score (nSPS) is 11.0. The van der Waals surface area contributed by atoms with Gasteiger partial charge in [0.1, 0.15) is 11.8 Å². The van der Waals surface area contributed by atoms with Gasteiger partial charge in [0.15, 0.2) is 0 Å². The lowest BCUT2D eigenvalue weighted by molar-refractivity contribution is 0.0474. The molecule has 0 bridgehead atoms. The van der Waals surface area contributed by atoms with Gasteiger partial charge in [0.2, 0.25) is 0 Å². The molecule has 0 amide bonds. The van der Waals surface area contributed by atoms with Gasteiger partial charge < -0.3 is 4.74 Å². The van der Waals surface area contributed by atoms with E-state index in [2.05, 4.69) is 10.1 Å². The van der Waals surface area contributed by atoms with Crippen molar-refractivity contribution in [3.05, 3.63) is 88.3 Å². The minimum absolute atomic E-state index is 0.0476. The Kier molecular flexibility index (Phi) is 4.84. The first-order valence-electron chi connectivity index (χ1n) is 8.87. The minimum atomic E-state index is -0.412. The molecule has 2 aromatic carbocycles. The number of carbonyl (C=O) groups excluding carboxylic acids is 1. The predicted octanol–water partition coefficient (Wildman–Crippen LogP) is 5.05. The van der Waals surface area contributed by atoms with E-state index in [1.165, 1.54) is 0 Å². The summed E-state index contributed by atoms with van der Waals surface area (Å²) in [5.74, 6) is -0.412. The van der Waals surface area contributed by atoms with Crippen LogP contribution in [-0.4, -0.2) is 20.7 Å². The molecular formula is C22H18ClN3O2. The Morgan fingerprint density at radius 3 is 2.57 bits per heavy atom. The van der Waals surface area contributed by atoms with Gasteiger partial charge in [-0.1, -0.05) is 48.0 Å². The highest BCUT2D eigenvalue weighted by Crippen LogP contribution is 2.25. The van der Waals surface area contributed by atoms with E-state index in [-0.39, 0.29) is 6.61 Å². The number of aromatic nitrogens is 3. The molecule has 0 atom stereocenters. The van der Waals surface area contributed by atoms with Crippen molar-refractivity contribution in [2.45, 2.75) is 20.5 Å². The van der Waals surface area contributed by atoms with Gasteiger partial charge in [0, 0.05) is 16.6 Å². The van der Waals surface area contributed by atoms with Crippen molar-refractivity contribution >= 4 is 28.5 Å². The minimum Gasteiger partial charge on any atom is -0.457 e. The fourth-order valence-corrected chi connectivity index (χ4v) is 3.45. The molecule has 0 spiro atoms. The number of halogens is 1. The van der Waals surface area contributed by atoms with Crippen LogP contribution in [0.3, 0.4) is 0 Å². The summed E-state index contributed by atoms with van der Waals surface area (Å²) in [6.07, 6.45) is 0. The average molecular weight is 392 g/mol. The highest BCUT2D eigenvalue weighted by Gasteiger charge is 2.18. The lowest BCUT2D eigenvalue weighted by Gasteiger charge is -2.09. The molecule has 0 unspecified atom stereocenters. The van der Waals surface area contributed by atoms with E-state index in [9.17, 15) is 4.79 Å². The fraction of sp³-hybridized carbons (Fsp3) is 0.136. The number of pyridine rings is 1. The molecule has 2 heterocycles. The van der Waals surface area contributed by atoms with Crippen LogP contribution < -0.4 is 0 Å². The lowest BCUT2D eigenvalue weighted by atomic mass is 10.1. The van der Waals surface area contributed by atoms with Crippen molar-refractivity contribution in [2.75, 3.05) is 0 Å². The van der Waals surface area contributed by atoms with Gasteiger partial charge in [-0.3, -0.25) is 4.98 Å². The fourth-order valence-electron chi connectivity index (χ4n) is 3.13. The molecule has 6 heteroatoms. The number of hydrogen-bond donors (Lipinski definition) is 0. The Labute approximate surface area is 167 Å². The van der Waals surface area contributed by atoms with Crippen LogP contribution in [0.5, 0.6) is 0 Å². The zero-order chi connectivity index (χ0) is 19.7. The smallest absolute Gasteiger partial charge is 0.339 e. The van der Waals surface area contributed by atoms with E-state index in [0.717, 1.165) is 28.0 Å². The Bertz CT molecular complexity index is 1170. The molecule has 0 N–H and O–H groups in total. The molecule has 0 saturated carbocycles. The molecule has 0 fully saturated rings. The number of nitrogens with zero attached hydrogens (tertiary/aromatic N) is 3. The number of hydrogen-bond acceptors (Lipinski definition) is 4. The Hall–Kier alpha value is -3.18. The lowest BCUT2D eigenvalue weighted by Crippen LogP contribution is -2.07. The molecule has 5 nitrogen and oxygen atoms in total. The molecule has 0 radical (unpaired) electrons. The summed E-state index contributed by atoms with van der Waals surface area (Å²) < 4.78 is 7.23. The third kappa shape index (κ3) is 3.37. The number of esters is 1. The third-order valence-electron chi connectivity index (χ3n) is 4.53. The van der Waals surface area contributed by atoms with Gasteiger partial charge in [0.25, 0.3) is 0 Å². The molecule has 4 aromatic rings. The summed E-state index contributed by atoms with van der Waals surface area (Å²) in [6, 6.07) is 18.8. The predicted molar refractivity (Wildman–Crippen MR) is 109 cm³/mol. The molecule has 0 saturated heterocycles. The van der Waals surface area contributed by atoms with E-state index in [1.54, 1.807) is 10.7 Å². The largest absolute Gasteiger partial charge is 0.457 e. The van der Waals surface area contributed by atoms with Crippen molar-refractivity contribution < 1.29 is 9.53 Å². The first-order valence-corrected chi connectivity index (χ1v) is 9.25. The molecule has 4 rings (SSSR count). The van der Waals surface area contributed by atoms with Crippen LogP contribution in [0.2, 0.25) is 5.15 Å². The average Bonchev–Trinajstić information content (AvgIpc) is 2.99. The second-order valence-electron chi connectivity index (χ2n) is 6.51. The summed E-state index contributed by atoms with van der Waals surface area (Å²) in [7, 11) is 0. The number of aryl methyl sites for hydroxylation is 2. The molecule has 0 aliphatic carbocycles. The van der Waals surface area contributed by atoms with Crippen LogP contribution in [0, 0.1) is 13.8 Å². The summed E-state index contributed by atoms with van der Waals surface area (Å²) >= 11 is 6.51. The zero-order valence-electron chi connectivity index (χ0n) is 15.5. The van der Waals surface area contributed by atoms with Crippen LogP contribution in [0.4, 0.5) is 0 Å². The van der Waals surface area contributed by atoms with Crippen LogP contribution in [0.1, 0.15) is 27.3 Å². The van der Waals surface area contributed by atoms with Gasteiger partial charge in [-0.05, 0) is 38.1 Å². The van der Waals surface area contributed by atoms with Crippen molar-refractivity contribution in [3.8, 4) is 5.69 Å². The Balaban J connectivity index is 1.61. The monoisotopic (exact) mass is 391 g/mol. The standard InChI is InChI=1S/C22H18ClN3O2/c1-14-12-18(17-10-6-7-11-20(17)24-14)22(27)28-13-19-15(2)25-26(21(19)23)16-8-4-3-5-9-16/h3-12H,13H2,1-2H3. The molecule has 0 aliphatic heterocycles. The zero-order valence-corrected chi connectivity index (χ0v) is 16.3. The SMILES string of the molecule is Cc1cc(C(=O)OCc2c(C)nn(-c3ccccc3)c2Cl)c2ccccc2n1. The number of benzene rings is 2. The number of carbonyl (C=O) groups is 1. The van der Waals surface area contributed by atoms with Gasteiger partial charge >= 0.3 is 5.97 Å². The second kappa shape index (κ2) is 7.44. The highest BCUT2D eigenvalue weighted by atomic mass is 35.5. The number of rotatable bonds is 4. The second-order valence-corrected chi connectivity index (χ2v) is 6.86. The van der Waals surface area contributed by atoms with Gasteiger partial charge in [-0.2, -0.15) is 5.10 Å². The molecule has 0 aliphatic rings. The molecular weight excluding hydrogens is 374 g/mol. The van der Waals surface area contributed by atoms with E-state index in [0.29, 0.717) is 16.3 Å².